The second-order valence-corrected chi connectivity index (χ2v) is 7.72. The predicted octanol–water partition coefficient (Wildman–Crippen LogP) is 3.04. The summed E-state index contributed by atoms with van der Waals surface area (Å²) in [5.41, 5.74) is 5.97. The molecule has 2 rings (SSSR count). The minimum absolute atomic E-state index is 0.0585. The van der Waals surface area contributed by atoms with Gasteiger partial charge in [-0.3, -0.25) is 9.71 Å². The highest BCUT2D eigenvalue weighted by molar-refractivity contribution is 9.11. The summed E-state index contributed by atoms with van der Waals surface area (Å²) >= 11 is 11.4. The summed E-state index contributed by atoms with van der Waals surface area (Å²) in [5.74, 6) is 0. The average Bonchev–Trinajstić information content (AvgIpc) is 2.43. The van der Waals surface area contributed by atoms with Gasteiger partial charge in [-0.25, -0.2) is 8.42 Å². The van der Waals surface area contributed by atoms with Crippen LogP contribution in [0, 0.1) is 0 Å². The highest BCUT2D eigenvalue weighted by Crippen LogP contribution is 2.32. The topological polar surface area (TPSA) is 85.1 Å². The first-order chi connectivity index (χ1) is 9.83. The number of anilines is 1. The second kappa shape index (κ2) is 6.39. The summed E-state index contributed by atoms with van der Waals surface area (Å²) < 4.78 is 28.7. The molecule has 0 fully saturated rings. The van der Waals surface area contributed by atoms with Crippen LogP contribution in [0.4, 0.5) is 5.69 Å². The summed E-state index contributed by atoms with van der Waals surface area (Å²) in [5, 5.41) is 0. The first kappa shape index (κ1) is 16.3. The van der Waals surface area contributed by atoms with Gasteiger partial charge in [0, 0.05) is 15.1 Å². The van der Waals surface area contributed by atoms with Gasteiger partial charge in [-0.05, 0) is 56.1 Å². The standard InChI is InChI=1S/C12H9Br2N3O2S2/c13-7-3-1-4-8(14)10(7)17-21(18,19)9-5-2-6-16-11(9)12(15)20/h1-6,17H,(H2,15,20). The van der Waals surface area contributed by atoms with E-state index in [1.54, 1.807) is 18.2 Å². The van der Waals surface area contributed by atoms with E-state index in [1.807, 2.05) is 0 Å². The van der Waals surface area contributed by atoms with Crippen LogP contribution in [-0.2, 0) is 10.0 Å². The van der Waals surface area contributed by atoms with E-state index in [0.29, 0.717) is 14.6 Å². The van der Waals surface area contributed by atoms with Gasteiger partial charge in [0.2, 0.25) is 0 Å². The molecule has 5 nitrogen and oxygen atoms in total. The number of nitrogens with one attached hydrogen (secondary N) is 1. The van der Waals surface area contributed by atoms with Gasteiger partial charge in [0.15, 0.2) is 0 Å². The minimum Gasteiger partial charge on any atom is -0.388 e. The molecule has 2 aromatic rings. The van der Waals surface area contributed by atoms with Crippen LogP contribution in [0.5, 0.6) is 0 Å². The molecule has 0 atom stereocenters. The quantitative estimate of drug-likeness (QED) is 0.699. The molecule has 1 aromatic heterocycles. The lowest BCUT2D eigenvalue weighted by molar-refractivity contribution is 0.600. The first-order valence-corrected chi connectivity index (χ1v) is 9.02. The van der Waals surface area contributed by atoms with Gasteiger partial charge in [-0.15, -0.1) is 0 Å². The van der Waals surface area contributed by atoms with Crippen molar-refractivity contribution in [2.75, 3.05) is 4.72 Å². The van der Waals surface area contributed by atoms with Crippen molar-refractivity contribution in [1.29, 1.82) is 0 Å². The van der Waals surface area contributed by atoms with Crippen LogP contribution in [0.1, 0.15) is 5.69 Å². The smallest absolute Gasteiger partial charge is 0.264 e. The molecule has 0 bridgehead atoms. The number of benzene rings is 1. The Kier molecular flexibility index (Phi) is 4.97. The minimum atomic E-state index is -3.87. The van der Waals surface area contributed by atoms with Crippen LogP contribution in [-0.4, -0.2) is 18.4 Å². The molecule has 0 aliphatic heterocycles. The van der Waals surface area contributed by atoms with Crippen LogP contribution in [0.2, 0.25) is 0 Å². The fourth-order valence-corrected chi connectivity index (χ4v) is 4.54. The zero-order valence-corrected chi connectivity index (χ0v) is 15.2. The molecule has 0 unspecified atom stereocenters. The fraction of sp³-hybridized carbons (Fsp3) is 0. The number of aromatic nitrogens is 1. The Labute approximate surface area is 144 Å². The maximum atomic E-state index is 12.5. The number of nitrogens with zero attached hydrogens (tertiary/aromatic N) is 1. The fourth-order valence-electron chi connectivity index (χ4n) is 1.58. The van der Waals surface area contributed by atoms with Crippen molar-refractivity contribution in [3.8, 4) is 0 Å². The van der Waals surface area contributed by atoms with Gasteiger partial charge < -0.3 is 5.73 Å². The number of rotatable bonds is 4. The van der Waals surface area contributed by atoms with Crippen molar-refractivity contribution >= 4 is 64.8 Å². The molecule has 0 aliphatic carbocycles. The lowest BCUT2D eigenvalue weighted by Gasteiger charge is -2.13. The van der Waals surface area contributed by atoms with Crippen LogP contribution in [0.3, 0.4) is 0 Å². The van der Waals surface area contributed by atoms with Crippen molar-refractivity contribution in [2.24, 2.45) is 5.73 Å². The summed E-state index contributed by atoms with van der Waals surface area (Å²) in [4.78, 5) is 3.77. The van der Waals surface area contributed by atoms with E-state index in [1.165, 1.54) is 18.3 Å². The normalized spacial score (nSPS) is 11.1. The van der Waals surface area contributed by atoms with E-state index >= 15 is 0 Å². The molecule has 0 saturated heterocycles. The molecule has 0 amide bonds. The monoisotopic (exact) mass is 449 g/mol. The number of hydrogen-bond acceptors (Lipinski definition) is 4. The van der Waals surface area contributed by atoms with Crippen LogP contribution in [0.25, 0.3) is 0 Å². The predicted molar refractivity (Wildman–Crippen MR) is 92.8 cm³/mol. The van der Waals surface area contributed by atoms with Gasteiger partial charge in [0.05, 0.1) is 5.69 Å². The Hall–Kier alpha value is -1.03. The summed E-state index contributed by atoms with van der Waals surface area (Å²) in [7, 11) is -3.87. The van der Waals surface area contributed by atoms with Crippen molar-refractivity contribution in [3.05, 3.63) is 51.2 Å². The largest absolute Gasteiger partial charge is 0.388 e. The number of hydrogen-bond donors (Lipinski definition) is 2. The van der Waals surface area contributed by atoms with Crippen LogP contribution < -0.4 is 10.5 Å². The second-order valence-electron chi connectivity index (χ2n) is 3.92. The molecular weight excluding hydrogens is 442 g/mol. The van der Waals surface area contributed by atoms with Gasteiger partial charge in [-0.1, -0.05) is 18.3 Å². The first-order valence-electron chi connectivity index (χ1n) is 5.54. The molecule has 9 heteroatoms. The van der Waals surface area contributed by atoms with Gasteiger partial charge in [-0.2, -0.15) is 0 Å². The average molecular weight is 451 g/mol. The zero-order valence-electron chi connectivity index (χ0n) is 10.4. The Morgan fingerprint density at radius 2 is 1.81 bits per heavy atom. The number of thiocarbonyl (C=S) groups is 1. The van der Waals surface area contributed by atoms with Crippen LogP contribution >= 0.6 is 44.1 Å². The highest BCUT2D eigenvalue weighted by Gasteiger charge is 2.22. The van der Waals surface area contributed by atoms with E-state index in [9.17, 15) is 8.42 Å². The summed E-state index contributed by atoms with van der Waals surface area (Å²) in [6, 6.07) is 8.12. The molecule has 0 saturated carbocycles. The molecule has 1 heterocycles. The molecule has 3 N–H and O–H groups in total. The molecule has 21 heavy (non-hydrogen) atoms. The molecular formula is C12H9Br2N3O2S2. The molecule has 1 aromatic carbocycles. The third-order valence-corrected chi connectivity index (χ3v) is 5.39. The number of nitrogens with two attached hydrogens (primary N) is 1. The Bertz CT molecular complexity index is 790. The Morgan fingerprint density at radius 3 is 2.38 bits per heavy atom. The highest BCUT2D eigenvalue weighted by atomic mass is 79.9. The lowest BCUT2D eigenvalue weighted by atomic mass is 10.3. The van der Waals surface area contributed by atoms with E-state index in [-0.39, 0.29) is 15.6 Å². The number of para-hydroxylation sites is 1. The van der Waals surface area contributed by atoms with Gasteiger partial charge >= 0.3 is 0 Å². The number of halogens is 2. The van der Waals surface area contributed by atoms with Gasteiger partial charge in [0.25, 0.3) is 10.0 Å². The van der Waals surface area contributed by atoms with E-state index in [4.69, 9.17) is 18.0 Å². The number of sulfonamides is 1. The Morgan fingerprint density at radius 1 is 1.19 bits per heavy atom. The van der Waals surface area contributed by atoms with Crippen molar-refractivity contribution in [3.63, 3.8) is 0 Å². The number of pyridine rings is 1. The van der Waals surface area contributed by atoms with E-state index in [2.05, 4.69) is 41.6 Å². The van der Waals surface area contributed by atoms with Crippen molar-refractivity contribution in [2.45, 2.75) is 4.90 Å². The molecule has 0 spiro atoms. The van der Waals surface area contributed by atoms with Crippen LogP contribution in [0.15, 0.2) is 50.4 Å². The molecule has 0 radical (unpaired) electrons. The maximum Gasteiger partial charge on any atom is 0.264 e. The summed E-state index contributed by atoms with van der Waals surface area (Å²) in [6.45, 7) is 0. The molecule has 110 valence electrons. The maximum absolute atomic E-state index is 12.5. The SMILES string of the molecule is NC(=S)c1ncccc1S(=O)(=O)Nc1c(Br)cccc1Br. The lowest BCUT2D eigenvalue weighted by Crippen LogP contribution is -2.21. The Balaban J connectivity index is 2.52. The van der Waals surface area contributed by atoms with Crippen molar-refractivity contribution in [1.82, 2.24) is 4.98 Å². The molecule has 0 aliphatic rings. The summed E-state index contributed by atoms with van der Waals surface area (Å²) in [6.07, 6.45) is 1.43. The van der Waals surface area contributed by atoms with Gasteiger partial charge in [0.1, 0.15) is 15.6 Å². The third-order valence-electron chi connectivity index (χ3n) is 2.49. The van der Waals surface area contributed by atoms with E-state index in [0.717, 1.165) is 0 Å². The zero-order chi connectivity index (χ0) is 15.6. The van der Waals surface area contributed by atoms with E-state index < -0.39 is 10.0 Å². The third kappa shape index (κ3) is 3.60. The van der Waals surface area contributed by atoms with Crippen molar-refractivity contribution < 1.29 is 8.42 Å².